The number of pyridine rings is 1. The number of benzene rings is 2. The van der Waals surface area contributed by atoms with Crippen LogP contribution in [0.5, 0.6) is 5.75 Å². The molecule has 0 atom stereocenters. The van der Waals surface area contributed by atoms with Crippen molar-refractivity contribution in [3.8, 4) is 34.2 Å². The second-order valence-corrected chi connectivity index (χ2v) is 8.73. The van der Waals surface area contributed by atoms with Crippen LogP contribution in [0, 0.1) is 18.3 Å². The maximum atomic E-state index is 12.5. The fourth-order valence-corrected chi connectivity index (χ4v) is 4.33. The van der Waals surface area contributed by atoms with Gasteiger partial charge in [-0.05, 0) is 68.8 Å². The first-order chi connectivity index (χ1) is 16.4. The number of phenols is 1. The number of anilines is 2. The number of aromatic nitrogens is 1. The van der Waals surface area contributed by atoms with E-state index in [1.807, 2.05) is 43.3 Å². The molecule has 0 spiro atoms. The summed E-state index contributed by atoms with van der Waals surface area (Å²) in [5.74, 6) is 0.137. The molecule has 0 radical (unpaired) electrons. The molecule has 1 aliphatic heterocycles. The largest absolute Gasteiger partial charge is 0.507 e. The van der Waals surface area contributed by atoms with Crippen molar-refractivity contribution in [2.75, 3.05) is 30.7 Å². The fraction of sp³-hybridized carbons (Fsp3) is 0.296. The molecule has 1 fully saturated rings. The highest BCUT2D eigenvalue weighted by Gasteiger charge is 2.17. The highest BCUT2D eigenvalue weighted by Crippen LogP contribution is 2.35. The Morgan fingerprint density at radius 3 is 2.58 bits per heavy atom. The number of nitriles is 1. The highest BCUT2D eigenvalue weighted by atomic mass is 35.5. The van der Waals surface area contributed by atoms with Crippen LogP contribution in [0.15, 0.2) is 48.5 Å². The minimum Gasteiger partial charge on any atom is -0.507 e. The SMILES string of the molecule is Cc1ccc(O)c(-c2cc(-c3cccc(NC(=O)CCN4CCCCC4)c3)c(C#N)c(N)n2)c1.Cl.Cl. The molecule has 1 saturated heterocycles. The number of aromatic hydroxyl groups is 1. The third kappa shape index (κ3) is 6.88. The Labute approximate surface area is 224 Å². The van der Waals surface area contributed by atoms with Gasteiger partial charge < -0.3 is 21.1 Å². The van der Waals surface area contributed by atoms with Crippen LogP contribution in [-0.4, -0.2) is 40.5 Å². The van der Waals surface area contributed by atoms with Gasteiger partial charge in [0, 0.05) is 29.8 Å². The molecule has 1 aliphatic rings. The van der Waals surface area contributed by atoms with Crippen LogP contribution in [-0.2, 0) is 4.79 Å². The van der Waals surface area contributed by atoms with Gasteiger partial charge in [-0.3, -0.25) is 4.79 Å². The predicted molar refractivity (Wildman–Crippen MR) is 149 cm³/mol. The quantitative estimate of drug-likeness (QED) is 0.387. The van der Waals surface area contributed by atoms with Gasteiger partial charge in [0.25, 0.3) is 0 Å². The van der Waals surface area contributed by atoms with Gasteiger partial charge in [-0.25, -0.2) is 4.98 Å². The normalized spacial score (nSPS) is 13.1. The number of piperidine rings is 1. The number of halogens is 2. The van der Waals surface area contributed by atoms with Gasteiger partial charge in [0.05, 0.1) is 5.69 Å². The van der Waals surface area contributed by atoms with E-state index in [4.69, 9.17) is 5.73 Å². The van der Waals surface area contributed by atoms with Gasteiger partial charge in [0.2, 0.25) is 5.91 Å². The van der Waals surface area contributed by atoms with Crippen LogP contribution in [0.3, 0.4) is 0 Å². The summed E-state index contributed by atoms with van der Waals surface area (Å²) in [6.45, 7) is 4.80. The monoisotopic (exact) mass is 527 g/mol. The molecule has 1 aromatic heterocycles. The van der Waals surface area contributed by atoms with Crippen molar-refractivity contribution in [3.63, 3.8) is 0 Å². The molecule has 0 saturated carbocycles. The first-order valence-corrected chi connectivity index (χ1v) is 11.6. The van der Waals surface area contributed by atoms with E-state index in [1.54, 1.807) is 12.1 Å². The minimum atomic E-state index is -0.0390. The van der Waals surface area contributed by atoms with Crippen molar-refractivity contribution in [1.82, 2.24) is 9.88 Å². The van der Waals surface area contributed by atoms with Gasteiger partial charge in [0.15, 0.2) is 0 Å². The molecule has 190 valence electrons. The number of likely N-dealkylation sites (tertiary alicyclic amines) is 1. The van der Waals surface area contributed by atoms with Crippen molar-refractivity contribution in [2.24, 2.45) is 0 Å². The van der Waals surface area contributed by atoms with Crippen LogP contribution in [0.1, 0.15) is 36.8 Å². The van der Waals surface area contributed by atoms with E-state index < -0.39 is 0 Å². The summed E-state index contributed by atoms with van der Waals surface area (Å²) in [6.07, 6.45) is 4.10. The van der Waals surface area contributed by atoms with Crippen molar-refractivity contribution in [2.45, 2.75) is 32.6 Å². The van der Waals surface area contributed by atoms with Crippen molar-refractivity contribution < 1.29 is 9.90 Å². The van der Waals surface area contributed by atoms with E-state index in [1.165, 1.54) is 19.3 Å². The zero-order valence-corrected chi connectivity index (χ0v) is 21.8. The van der Waals surface area contributed by atoms with E-state index in [0.29, 0.717) is 28.9 Å². The van der Waals surface area contributed by atoms with E-state index in [-0.39, 0.29) is 47.9 Å². The number of carbonyl (C=O) groups is 1. The summed E-state index contributed by atoms with van der Waals surface area (Å²) in [6, 6.07) is 16.5. The van der Waals surface area contributed by atoms with Gasteiger partial charge in [-0.1, -0.05) is 30.2 Å². The molecule has 4 rings (SSSR count). The number of aryl methyl sites for hydroxylation is 1. The Kier molecular flexibility index (Phi) is 10.5. The Morgan fingerprint density at radius 2 is 1.86 bits per heavy atom. The summed E-state index contributed by atoms with van der Waals surface area (Å²) in [5, 5.41) is 23.1. The highest BCUT2D eigenvalue weighted by molar-refractivity contribution is 5.92. The van der Waals surface area contributed by atoms with Gasteiger partial charge in [-0.2, -0.15) is 5.26 Å². The molecular formula is C27H31Cl2N5O2. The molecule has 9 heteroatoms. The lowest BCUT2D eigenvalue weighted by atomic mass is 9.97. The van der Waals surface area contributed by atoms with Gasteiger partial charge in [0.1, 0.15) is 23.2 Å². The Bertz CT molecular complexity index is 1250. The summed E-state index contributed by atoms with van der Waals surface area (Å²) in [5.41, 5.74) is 10.3. The third-order valence-corrected chi connectivity index (χ3v) is 6.15. The average molecular weight is 528 g/mol. The molecule has 0 aliphatic carbocycles. The second-order valence-electron chi connectivity index (χ2n) is 8.73. The molecule has 0 bridgehead atoms. The van der Waals surface area contributed by atoms with Crippen molar-refractivity contribution in [3.05, 3.63) is 59.7 Å². The number of amides is 1. The summed E-state index contributed by atoms with van der Waals surface area (Å²) in [4.78, 5) is 19.2. The van der Waals surface area contributed by atoms with Crippen molar-refractivity contribution >= 4 is 42.2 Å². The van der Waals surface area contributed by atoms with Crippen LogP contribution >= 0.6 is 24.8 Å². The lowest BCUT2D eigenvalue weighted by Gasteiger charge is -2.25. The Morgan fingerprint density at radius 1 is 1.11 bits per heavy atom. The lowest BCUT2D eigenvalue weighted by Crippen LogP contribution is -2.32. The summed E-state index contributed by atoms with van der Waals surface area (Å²) >= 11 is 0. The number of phenolic OH excluding ortho intramolecular Hbond substituents is 1. The summed E-state index contributed by atoms with van der Waals surface area (Å²) in [7, 11) is 0. The number of hydrogen-bond acceptors (Lipinski definition) is 6. The number of nitrogens with zero attached hydrogens (tertiary/aromatic N) is 3. The molecule has 3 aromatic rings. The third-order valence-electron chi connectivity index (χ3n) is 6.15. The van der Waals surface area contributed by atoms with Crippen LogP contribution < -0.4 is 11.1 Å². The number of nitrogens with one attached hydrogen (secondary N) is 1. The number of carbonyl (C=O) groups excluding carboxylic acids is 1. The molecule has 0 unspecified atom stereocenters. The maximum absolute atomic E-state index is 12.5. The van der Waals surface area contributed by atoms with Gasteiger partial charge in [-0.15, -0.1) is 24.8 Å². The van der Waals surface area contributed by atoms with Crippen molar-refractivity contribution in [1.29, 1.82) is 5.26 Å². The molecule has 7 nitrogen and oxygen atoms in total. The predicted octanol–water partition coefficient (Wildman–Crippen LogP) is 5.54. The molecule has 36 heavy (non-hydrogen) atoms. The minimum absolute atomic E-state index is 0. The topological polar surface area (TPSA) is 115 Å². The van der Waals surface area contributed by atoms with E-state index in [0.717, 1.165) is 30.8 Å². The number of rotatable bonds is 6. The fourth-order valence-electron chi connectivity index (χ4n) is 4.33. The van der Waals surface area contributed by atoms with Crippen LogP contribution in [0.4, 0.5) is 11.5 Å². The first-order valence-electron chi connectivity index (χ1n) is 11.6. The van der Waals surface area contributed by atoms with Gasteiger partial charge >= 0.3 is 0 Å². The Hall–Kier alpha value is -3.31. The standard InChI is InChI=1S/C27H29N5O2.2ClH/c1-18-8-9-25(33)22(14-18)24-16-21(23(17-28)27(29)31-24)19-6-5-7-20(15-19)30-26(34)10-13-32-11-3-2-4-12-32;;/h5-9,14-16,33H,2-4,10-13H2,1H3,(H2,29,31)(H,30,34);2*1H. The van der Waals surface area contributed by atoms with E-state index >= 15 is 0 Å². The number of nitrogen functional groups attached to an aromatic ring is 1. The van der Waals surface area contributed by atoms with E-state index in [9.17, 15) is 15.2 Å². The molecule has 2 aromatic carbocycles. The smallest absolute Gasteiger partial charge is 0.225 e. The van der Waals surface area contributed by atoms with Crippen LogP contribution in [0.2, 0.25) is 0 Å². The number of hydrogen-bond donors (Lipinski definition) is 3. The molecular weight excluding hydrogens is 497 g/mol. The molecule has 2 heterocycles. The second kappa shape index (κ2) is 13.1. The average Bonchev–Trinajstić information content (AvgIpc) is 2.84. The Balaban J connectivity index is 0.00000228. The zero-order valence-electron chi connectivity index (χ0n) is 20.2. The molecule has 1 amide bonds. The van der Waals surface area contributed by atoms with E-state index in [2.05, 4.69) is 21.3 Å². The lowest BCUT2D eigenvalue weighted by molar-refractivity contribution is -0.116. The summed E-state index contributed by atoms with van der Waals surface area (Å²) < 4.78 is 0. The number of nitrogens with two attached hydrogens (primary N) is 1. The zero-order chi connectivity index (χ0) is 24.1. The van der Waals surface area contributed by atoms with Crippen LogP contribution in [0.25, 0.3) is 22.4 Å². The first kappa shape index (κ1) is 28.9. The molecule has 4 N–H and O–H groups in total. The maximum Gasteiger partial charge on any atom is 0.225 e.